The third-order valence-electron chi connectivity index (χ3n) is 2.82. The van der Waals surface area contributed by atoms with Crippen molar-refractivity contribution >= 4 is 10.9 Å². The maximum absolute atomic E-state index is 12.9. The highest BCUT2D eigenvalue weighted by molar-refractivity contribution is 5.84. The number of fused-ring (bicyclic) bond motifs is 1. The Morgan fingerprint density at radius 3 is 2.35 bits per heavy atom. The van der Waals surface area contributed by atoms with Gasteiger partial charge in [-0.05, 0) is 13.0 Å². The molecule has 1 aromatic heterocycles. The lowest BCUT2D eigenvalue weighted by Crippen LogP contribution is -2.25. The summed E-state index contributed by atoms with van der Waals surface area (Å²) in [7, 11) is 1.47. The van der Waals surface area contributed by atoms with Gasteiger partial charge in [0, 0.05) is 18.0 Å². The van der Waals surface area contributed by atoms with E-state index >= 15 is 0 Å². The number of hydrogen-bond acceptors (Lipinski definition) is 1. The smallest absolute Gasteiger partial charge is 0.311 e. The Balaban J connectivity index is 3.07. The van der Waals surface area contributed by atoms with Gasteiger partial charge < -0.3 is 4.57 Å². The summed E-state index contributed by atoms with van der Waals surface area (Å²) in [4.78, 5) is 11.7. The standard InChI is InChI=1S/C12H10F3NO/c1-7-10(12(13,14)15)8-5-3-4-6-9(8)16(2)11(7)17/h3-6H,1-2H3. The van der Waals surface area contributed by atoms with Crippen LogP contribution in [0.5, 0.6) is 0 Å². The highest BCUT2D eigenvalue weighted by Gasteiger charge is 2.36. The van der Waals surface area contributed by atoms with Gasteiger partial charge in [0.15, 0.2) is 0 Å². The number of aromatic nitrogens is 1. The van der Waals surface area contributed by atoms with Crippen molar-refractivity contribution in [3.63, 3.8) is 0 Å². The van der Waals surface area contributed by atoms with E-state index in [1.807, 2.05) is 0 Å². The van der Waals surface area contributed by atoms with Crippen LogP contribution in [-0.2, 0) is 13.2 Å². The van der Waals surface area contributed by atoms with E-state index in [2.05, 4.69) is 0 Å². The number of nitrogens with zero attached hydrogens (tertiary/aromatic N) is 1. The van der Waals surface area contributed by atoms with Gasteiger partial charge in [-0.2, -0.15) is 13.2 Å². The number of pyridine rings is 1. The molecule has 0 aliphatic carbocycles. The molecule has 2 nitrogen and oxygen atoms in total. The zero-order valence-corrected chi connectivity index (χ0v) is 9.30. The van der Waals surface area contributed by atoms with Crippen LogP contribution in [0.15, 0.2) is 29.1 Å². The quantitative estimate of drug-likeness (QED) is 0.695. The van der Waals surface area contributed by atoms with Crippen LogP contribution >= 0.6 is 0 Å². The predicted octanol–water partition coefficient (Wildman–Crippen LogP) is 2.87. The molecule has 0 saturated heterocycles. The molecule has 0 saturated carbocycles. The highest BCUT2D eigenvalue weighted by Crippen LogP contribution is 2.35. The van der Waals surface area contributed by atoms with E-state index < -0.39 is 17.3 Å². The Bertz CT molecular complexity index is 640. The van der Waals surface area contributed by atoms with Gasteiger partial charge in [0.25, 0.3) is 5.56 Å². The van der Waals surface area contributed by atoms with E-state index in [4.69, 9.17) is 0 Å². The van der Waals surface area contributed by atoms with Gasteiger partial charge in [0.05, 0.1) is 11.1 Å². The maximum Gasteiger partial charge on any atom is 0.417 e. The van der Waals surface area contributed by atoms with E-state index in [9.17, 15) is 18.0 Å². The molecule has 0 radical (unpaired) electrons. The summed E-state index contributed by atoms with van der Waals surface area (Å²) in [5.74, 6) is 0. The molecule has 1 heterocycles. The molecule has 5 heteroatoms. The molecular formula is C12H10F3NO. The lowest BCUT2D eigenvalue weighted by Gasteiger charge is -2.15. The fourth-order valence-corrected chi connectivity index (χ4v) is 2.01. The Morgan fingerprint density at radius 1 is 1.18 bits per heavy atom. The van der Waals surface area contributed by atoms with Crippen molar-refractivity contribution in [2.24, 2.45) is 7.05 Å². The van der Waals surface area contributed by atoms with Gasteiger partial charge in [0.2, 0.25) is 0 Å². The monoisotopic (exact) mass is 241 g/mol. The molecule has 0 bridgehead atoms. The molecular weight excluding hydrogens is 231 g/mol. The fraction of sp³-hybridized carbons (Fsp3) is 0.250. The minimum atomic E-state index is -4.52. The van der Waals surface area contributed by atoms with Gasteiger partial charge in [0.1, 0.15) is 0 Å². The van der Waals surface area contributed by atoms with Crippen molar-refractivity contribution in [2.45, 2.75) is 13.1 Å². The molecule has 0 N–H and O–H groups in total. The van der Waals surface area contributed by atoms with Crippen LogP contribution in [0.1, 0.15) is 11.1 Å². The Morgan fingerprint density at radius 2 is 1.76 bits per heavy atom. The predicted molar refractivity (Wildman–Crippen MR) is 58.9 cm³/mol. The number of rotatable bonds is 0. The first kappa shape index (κ1) is 11.7. The normalized spacial score (nSPS) is 12.1. The molecule has 0 atom stereocenters. The van der Waals surface area contributed by atoms with Crippen LogP contribution < -0.4 is 5.56 Å². The summed E-state index contributed by atoms with van der Waals surface area (Å²) in [6.45, 7) is 1.21. The lowest BCUT2D eigenvalue weighted by atomic mass is 10.0. The summed E-state index contributed by atoms with van der Waals surface area (Å²) in [6.07, 6.45) is -4.52. The molecule has 0 aliphatic heterocycles. The Kier molecular flexibility index (Phi) is 2.49. The third kappa shape index (κ3) is 1.71. The Labute approximate surface area is 95.3 Å². The van der Waals surface area contributed by atoms with Gasteiger partial charge in [-0.1, -0.05) is 18.2 Å². The number of alkyl halides is 3. The van der Waals surface area contributed by atoms with Crippen LogP contribution in [0, 0.1) is 6.92 Å². The minimum absolute atomic E-state index is 0.0552. The van der Waals surface area contributed by atoms with Crippen molar-refractivity contribution in [1.29, 1.82) is 0 Å². The molecule has 2 rings (SSSR count). The fourth-order valence-electron chi connectivity index (χ4n) is 2.01. The summed E-state index contributed by atoms with van der Waals surface area (Å²) in [5, 5.41) is 0.0552. The Hall–Kier alpha value is -1.78. The summed E-state index contributed by atoms with van der Waals surface area (Å²) in [6, 6.07) is 6.02. The van der Waals surface area contributed by atoms with Crippen LogP contribution in [0.25, 0.3) is 10.9 Å². The minimum Gasteiger partial charge on any atom is -0.311 e. The third-order valence-corrected chi connectivity index (χ3v) is 2.82. The topological polar surface area (TPSA) is 22.0 Å². The van der Waals surface area contributed by atoms with Crippen molar-refractivity contribution in [3.05, 3.63) is 45.7 Å². The summed E-state index contributed by atoms with van der Waals surface area (Å²) in [5.41, 5.74) is -1.43. The summed E-state index contributed by atoms with van der Waals surface area (Å²) >= 11 is 0. The van der Waals surface area contributed by atoms with E-state index in [-0.39, 0.29) is 16.5 Å². The summed E-state index contributed by atoms with van der Waals surface area (Å²) < 4.78 is 40.1. The number of aryl methyl sites for hydroxylation is 1. The second kappa shape index (κ2) is 3.61. The van der Waals surface area contributed by atoms with Gasteiger partial charge in [-0.3, -0.25) is 4.79 Å². The molecule has 0 unspecified atom stereocenters. The van der Waals surface area contributed by atoms with Crippen molar-refractivity contribution in [2.75, 3.05) is 0 Å². The molecule has 90 valence electrons. The second-order valence-electron chi connectivity index (χ2n) is 3.88. The largest absolute Gasteiger partial charge is 0.417 e. The van der Waals surface area contributed by atoms with E-state index in [0.29, 0.717) is 0 Å². The molecule has 17 heavy (non-hydrogen) atoms. The van der Waals surface area contributed by atoms with Gasteiger partial charge in [-0.15, -0.1) is 0 Å². The van der Waals surface area contributed by atoms with Crippen molar-refractivity contribution in [1.82, 2.24) is 4.57 Å². The maximum atomic E-state index is 12.9. The molecule has 0 aliphatic rings. The molecule has 0 spiro atoms. The first-order chi connectivity index (χ1) is 7.84. The molecule has 2 aromatic rings. The van der Waals surface area contributed by atoms with Gasteiger partial charge >= 0.3 is 6.18 Å². The first-order valence-corrected chi connectivity index (χ1v) is 4.99. The molecule has 0 amide bonds. The van der Waals surface area contributed by atoms with E-state index in [1.165, 1.54) is 36.7 Å². The lowest BCUT2D eigenvalue weighted by molar-refractivity contribution is -0.136. The average molecular weight is 241 g/mol. The first-order valence-electron chi connectivity index (χ1n) is 4.99. The van der Waals surface area contributed by atoms with Crippen LogP contribution in [0.3, 0.4) is 0 Å². The zero-order chi connectivity index (χ0) is 12.8. The number of para-hydroxylation sites is 1. The van der Waals surface area contributed by atoms with Crippen LogP contribution in [0.2, 0.25) is 0 Å². The SMILES string of the molecule is Cc1c(C(F)(F)F)c2ccccc2n(C)c1=O. The van der Waals surface area contributed by atoms with Crippen LogP contribution in [0.4, 0.5) is 13.2 Å². The molecule has 1 aromatic carbocycles. The second-order valence-corrected chi connectivity index (χ2v) is 3.88. The van der Waals surface area contributed by atoms with Crippen LogP contribution in [-0.4, -0.2) is 4.57 Å². The average Bonchev–Trinajstić information content (AvgIpc) is 2.24. The zero-order valence-electron chi connectivity index (χ0n) is 9.30. The van der Waals surface area contributed by atoms with Gasteiger partial charge in [-0.25, -0.2) is 0 Å². The highest BCUT2D eigenvalue weighted by atomic mass is 19.4. The number of halogens is 3. The van der Waals surface area contributed by atoms with Crippen molar-refractivity contribution in [3.8, 4) is 0 Å². The van der Waals surface area contributed by atoms with Crippen molar-refractivity contribution < 1.29 is 13.2 Å². The number of hydrogen-bond donors (Lipinski definition) is 0. The van der Waals surface area contributed by atoms with E-state index in [1.54, 1.807) is 6.07 Å². The number of benzene rings is 1. The van der Waals surface area contributed by atoms with E-state index in [0.717, 1.165) is 0 Å². The molecule has 0 fully saturated rings.